The van der Waals surface area contributed by atoms with Crippen molar-refractivity contribution in [3.63, 3.8) is 0 Å². The van der Waals surface area contributed by atoms with Crippen LogP contribution in [-0.2, 0) is 17.9 Å². The van der Waals surface area contributed by atoms with E-state index in [1.165, 1.54) is 5.56 Å². The maximum atomic E-state index is 12.8. The zero-order chi connectivity index (χ0) is 22.5. The third-order valence-electron chi connectivity index (χ3n) is 6.02. The van der Waals surface area contributed by atoms with Gasteiger partial charge < -0.3 is 10.2 Å². The molecule has 1 amide bonds. The second-order valence-corrected chi connectivity index (χ2v) is 9.45. The maximum Gasteiger partial charge on any atom is 0.243 e. The van der Waals surface area contributed by atoms with Gasteiger partial charge in [0.1, 0.15) is 6.04 Å². The van der Waals surface area contributed by atoms with E-state index in [1.54, 1.807) is 15.9 Å². The van der Waals surface area contributed by atoms with Crippen molar-refractivity contribution >= 4 is 29.5 Å². The first-order valence-corrected chi connectivity index (χ1v) is 12.3. The van der Waals surface area contributed by atoms with Gasteiger partial charge in [0.05, 0.1) is 4.88 Å². The molecule has 9 heteroatoms. The summed E-state index contributed by atoms with van der Waals surface area (Å²) in [6.45, 7) is 11.2. The molecule has 1 aliphatic rings. The summed E-state index contributed by atoms with van der Waals surface area (Å²) in [6.07, 6.45) is 0. The molecule has 3 aromatic rings. The molecule has 0 bridgehead atoms. The molecule has 2 N–H and O–H groups in total. The highest BCUT2D eigenvalue weighted by molar-refractivity contribution is 7.71. The first-order chi connectivity index (χ1) is 15.5. The second kappa shape index (κ2) is 10.5. The van der Waals surface area contributed by atoms with Gasteiger partial charge in [-0.1, -0.05) is 37.3 Å². The van der Waals surface area contributed by atoms with Crippen molar-refractivity contribution in [1.82, 2.24) is 29.9 Å². The van der Waals surface area contributed by atoms with Crippen molar-refractivity contribution in [3.05, 3.63) is 57.7 Å². The van der Waals surface area contributed by atoms with E-state index >= 15 is 0 Å². The molecule has 1 atom stereocenters. The topological polar surface area (TPSA) is 69.2 Å². The SMILES string of the molecule is CCN1CCN(Cc2ccc(CNC(=O)C(C)n3c(-c4cccs4)n[nH]c3=S)cc2)CC1. The molecule has 0 aliphatic carbocycles. The van der Waals surface area contributed by atoms with Crippen LogP contribution < -0.4 is 5.32 Å². The van der Waals surface area contributed by atoms with Gasteiger partial charge in [0.25, 0.3) is 0 Å². The van der Waals surface area contributed by atoms with Crippen LogP contribution in [0.2, 0.25) is 0 Å². The Morgan fingerprint density at radius 3 is 2.50 bits per heavy atom. The van der Waals surface area contributed by atoms with Crippen LogP contribution in [0.5, 0.6) is 0 Å². The lowest BCUT2D eigenvalue weighted by Crippen LogP contribution is -2.45. The summed E-state index contributed by atoms with van der Waals surface area (Å²) >= 11 is 6.95. The minimum absolute atomic E-state index is 0.0850. The van der Waals surface area contributed by atoms with E-state index in [9.17, 15) is 4.79 Å². The number of hydrogen-bond donors (Lipinski definition) is 2. The fourth-order valence-corrected chi connectivity index (χ4v) is 4.98. The van der Waals surface area contributed by atoms with Crippen molar-refractivity contribution in [2.45, 2.75) is 33.0 Å². The molecule has 1 fully saturated rings. The molecule has 7 nitrogen and oxygen atoms in total. The highest BCUT2D eigenvalue weighted by Gasteiger charge is 2.21. The van der Waals surface area contributed by atoms with Crippen LogP contribution >= 0.6 is 23.6 Å². The molecule has 0 spiro atoms. The van der Waals surface area contributed by atoms with E-state index in [2.05, 4.69) is 56.5 Å². The van der Waals surface area contributed by atoms with Gasteiger partial charge in [-0.15, -0.1) is 11.3 Å². The molecule has 2 aromatic heterocycles. The summed E-state index contributed by atoms with van der Waals surface area (Å²) in [7, 11) is 0. The fraction of sp³-hybridized carbons (Fsp3) is 0.435. The number of nitrogens with zero attached hydrogens (tertiary/aromatic N) is 4. The Hall–Kier alpha value is -2.33. The Morgan fingerprint density at radius 2 is 1.84 bits per heavy atom. The number of likely N-dealkylation sites (N-methyl/N-ethyl adjacent to an activating group) is 1. The summed E-state index contributed by atoms with van der Waals surface area (Å²) in [5.41, 5.74) is 2.39. The molecule has 4 rings (SSSR count). The summed E-state index contributed by atoms with van der Waals surface area (Å²) < 4.78 is 2.22. The van der Waals surface area contributed by atoms with Gasteiger partial charge >= 0.3 is 0 Å². The van der Waals surface area contributed by atoms with Crippen molar-refractivity contribution in [2.24, 2.45) is 0 Å². The smallest absolute Gasteiger partial charge is 0.243 e. The number of amides is 1. The molecule has 1 unspecified atom stereocenters. The van der Waals surface area contributed by atoms with Crippen LogP contribution in [0.1, 0.15) is 31.0 Å². The second-order valence-electron chi connectivity index (χ2n) is 8.12. The number of hydrogen-bond acceptors (Lipinski definition) is 6. The van der Waals surface area contributed by atoms with E-state index in [4.69, 9.17) is 12.2 Å². The Balaban J connectivity index is 1.32. The van der Waals surface area contributed by atoms with E-state index in [1.807, 2.05) is 24.4 Å². The average molecular weight is 471 g/mol. The summed E-state index contributed by atoms with van der Waals surface area (Å²) in [5.74, 6) is 0.606. The monoisotopic (exact) mass is 470 g/mol. The number of rotatable bonds is 8. The number of benzene rings is 1. The van der Waals surface area contributed by atoms with Gasteiger partial charge in [-0.3, -0.25) is 19.4 Å². The number of carbonyl (C=O) groups excluding carboxylic acids is 1. The minimum Gasteiger partial charge on any atom is -0.350 e. The summed E-state index contributed by atoms with van der Waals surface area (Å²) in [5, 5.41) is 12.2. The van der Waals surface area contributed by atoms with Gasteiger partial charge in [0, 0.05) is 39.3 Å². The highest BCUT2D eigenvalue weighted by Crippen LogP contribution is 2.25. The molecular weight excluding hydrogens is 440 g/mol. The van der Waals surface area contributed by atoms with Gasteiger partial charge in [0.15, 0.2) is 10.6 Å². The van der Waals surface area contributed by atoms with Crippen LogP contribution in [0.4, 0.5) is 0 Å². The van der Waals surface area contributed by atoms with Crippen molar-refractivity contribution < 1.29 is 4.79 Å². The first kappa shape index (κ1) is 22.8. The number of thiophene rings is 1. The molecular formula is C23H30N6OS2. The van der Waals surface area contributed by atoms with Crippen LogP contribution in [0.15, 0.2) is 41.8 Å². The fourth-order valence-electron chi connectivity index (χ4n) is 3.98. The molecule has 0 radical (unpaired) electrons. The quantitative estimate of drug-likeness (QED) is 0.492. The van der Waals surface area contributed by atoms with Crippen molar-refractivity contribution in [1.29, 1.82) is 0 Å². The molecule has 1 saturated heterocycles. The molecule has 0 saturated carbocycles. The van der Waals surface area contributed by atoms with Crippen molar-refractivity contribution in [3.8, 4) is 10.7 Å². The predicted molar refractivity (Wildman–Crippen MR) is 131 cm³/mol. The minimum atomic E-state index is -0.459. The average Bonchev–Trinajstić information content (AvgIpc) is 3.48. The molecule has 3 heterocycles. The molecule has 1 aromatic carbocycles. The third-order valence-corrected chi connectivity index (χ3v) is 7.17. The van der Waals surface area contributed by atoms with Gasteiger partial charge in [-0.25, -0.2) is 0 Å². The highest BCUT2D eigenvalue weighted by atomic mass is 32.1. The number of piperazine rings is 1. The Kier molecular flexibility index (Phi) is 7.51. The number of carbonyl (C=O) groups is 1. The van der Waals surface area contributed by atoms with Crippen LogP contribution in [0.3, 0.4) is 0 Å². The number of H-pyrrole nitrogens is 1. The van der Waals surface area contributed by atoms with Crippen LogP contribution in [-0.4, -0.2) is 63.2 Å². The Labute approximate surface area is 198 Å². The number of aromatic nitrogens is 3. The lowest BCUT2D eigenvalue weighted by Gasteiger charge is -2.34. The maximum absolute atomic E-state index is 12.8. The van der Waals surface area contributed by atoms with E-state index in [0.717, 1.165) is 49.7 Å². The number of nitrogens with one attached hydrogen (secondary N) is 2. The molecule has 170 valence electrons. The van der Waals surface area contributed by atoms with Crippen LogP contribution in [0, 0.1) is 4.77 Å². The van der Waals surface area contributed by atoms with Crippen molar-refractivity contribution in [2.75, 3.05) is 32.7 Å². The zero-order valence-corrected chi connectivity index (χ0v) is 20.2. The standard InChI is InChI=1S/C23H30N6OS2/c1-3-27-10-12-28(13-11-27)16-19-8-6-18(7-9-19)15-24-22(30)17(2)29-21(25-26-23(29)31)20-5-4-14-32-20/h4-9,14,17H,3,10-13,15-16H2,1-2H3,(H,24,30)(H,26,31). The predicted octanol–water partition coefficient (Wildman–Crippen LogP) is 3.68. The van der Waals surface area contributed by atoms with E-state index in [-0.39, 0.29) is 5.91 Å². The lowest BCUT2D eigenvalue weighted by atomic mass is 10.1. The van der Waals surface area contributed by atoms with Gasteiger partial charge in [0.2, 0.25) is 5.91 Å². The first-order valence-electron chi connectivity index (χ1n) is 11.1. The lowest BCUT2D eigenvalue weighted by molar-refractivity contribution is -0.124. The number of aromatic amines is 1. The van der Waals surface area contributed by atoms with Gasteiger partial charge in [-0.2, -0.15) is 5.10 Å². The Bertz CT molecular complexity index is 1060. The van der Waals surface area contributed by atoms with Crippen LogP contribution in [0.25, 0.3) is 10.7 Å². The Morgan fingerprint density at radius 1 is 1.16 bits per heavy atom. The van der Waals surface area contributed by atoms with E-state index < -0.39 is 6.04 Å². The largest absolute Gasteiger partial charge is 0.350 e. The zero-order valence-electron chi connectivity index (χ0n) is 18.6. The summed E-state index contributed by atoms with van der Waals surface area (Å²) in [4.78, 5) is 18.8. The normalized spacial score (nSPS) is 16.2. The summed E-state index contributed by atoms with van der Waals surface area (Å²) in [6, 6.07) is 12.0. The van der Waals surface area contributed by atoms with Gasteiger partial charge in [-0.05, 0) is 48.3 Å². The third kappa shape index (κ3) is 5.35. The van der Waals surface area contributed by atoms with E-state index in [0.29, 0.717) is 17.1 Å². The molecule has 1 aliphatic heterocycles. The molecule has 32 heavy (non-hydrogen) atoms.